The Morgan fingerprint density at radius 3 is 2.96 bits per heavy atom. The fraction of sp³-hybridized carbons (Fsp3) is 0.118. The molecule has 0 unspecified atom stereocenters. The van der Waals surface area contributed by atoms with Crippen LogP contribution in [0.5, 0.6) is 11.5 Å². The lowest BCUT2D eigenvalue weighted by Crippen LogP contribution is -2.16. The van der Waals surface area contributed by atoms with Gasteiger partial charge in [-0.3, -0.25) is 19.6 Å². The van der Waals surface area contributed by atoms with Crippen molar-refractivity contribution in [2.75, 3.05) is 7.11 Å². The third-order valence-corrected chi connectivity index (χ3v) is 3.62. The number of methoxy groups -OCH3 is 1. The van der Waals surface area contributed by atoms with Crippen LogP contribution in [0.1, 0.15) is 21.9 Å². The highest BCUT2D eigenvalue weighted by atomic mass is 16.6. The Morgan fingerprint density at radius 2 is 2.29 bits per heavy atom. The van der Waals surface area contributed by atoms with Crippen LogP contribution in [0.25, 0.3) is 0 Å². The Balaban J connectivity index is 1.59. The largest absolute Gasteiger partial charge is 0.504 e. The van der Waals surface area contributed by atoms with Gasteiger partial charge in [0.2, 0.25) is 0 Å². The highest BCUT2D eigenvalue weighted by Gasteiger charge is 2.13. The molecule has 11 nitrogen and oxygen atoms in total. The van der Waals surface area contributed by atoms with Crippen LogP contribution in [-0.2, 0) is 6.54 Å². The molecular formula is C17H15N5O6. The van der Waals surface area contributed by atoms with Gasteiger partial charge in [-0.2, -0.15) is 10.2 Å². The second-order valence-corrected chi connectivity index (χ2v) is 5.55. The van der Waals surface area contributed by atoms with E-state index in [-0.39, 0.29) is 23.7 Å². The second kappa shape index (κ2) is 8.03. The number of nitro groups is 1. The van der Waals surface area contributed by atoms with Gasteiger partial charge in [-0.15, -0.1) is 0 Å². The molecule has 3 aromatic rings. The molecule has 144 valence electrons. The molecule has 2 N–H and O–H groups in total. The fourth-order valence-corrected chi connectivity index (χ4v) is 2.29. The van der Waals surface area contributed by atoms with Crippen molar-refractivity contribution in [2.24, 2.45) is 5.10 Å². The fourth-order valence-electron chi connectivity index (χ4n) is 2.29. The lowest BCUT2D eigenvalue weighted by atomic mass is 10.2. The summed E-state index contributed by atoms with van der Waals surface area (Å²) in [7, 11) is 1.44. The molecule has 0 atom stereocenters. The first-order valence-corrected chi connectivity index (χ1v) is 7.92. The molecule has 0 radical (unpaired) electrons. The number of aromatic nitrogens is 2. The number of phenols is 1. The van der Waals surface area contributed by atoms with Gasteiger partial charge in [-0.25, -0.2) is 5.43 Å². The molecular weight excluding hydrogens is 370 g/mol. The first kappa shape index (κ1) is 18.6. The summed E-state index contributed by atoms with van der Waals surface area (Å²) in [5, 5.41) is 28.0. The lowest BCUT2D eigenvalue weighted by molar-refractivity contribution is -0.385. The van der Waals surface area contributed by atoms with Crippen molar-refractivity contribution in [3.05, 3.63) is 69.9 Å². The second-order valence-electron chi connectivity index (χ2n) is 5.55. The normalized spacial score (nSPS) is 10.9. The minimum Gasteiger partial charge on any atom is -0.504 e. The predicted octanol–water partition coefficient (Wildman–Crippen LogP) is 1.91. The van der Waals surface area contributed by atoms with Gasteiger partial charge in [0.1, 0.15) is 18.2 Å². The summed E-state index contributed by atoms with van der Waals surface area (Å²) in [5.41, 5.74) is 2.72. The van der Waals surface area contributed by atoms with E-state index in [0.717, 1.165) is 6.20 Å². The molecule has 0 saturated heterocycles. The number of rotatable bonds is 7. The zero-order valence-corrected chi connectivity index (χ0v) is 14.6. The highest BCUT2D eigenvalue weighted by molar-refractivity contribution is 5.92. The minimum atomic E-state index is -0.577. The molecule has 2 aromatic heterocycles. The van der Waals surface area contributed by atoms with Crippen LogP contribution < -0.4 is 10.2 Å². The summed E-state index contributed by atoms with van der Waals surface area (Å²) >= 11 is 0. The number of hydrogen-bond donors (Lipinski definition) is 2. The van der Waals surface area contributed by atoms with Gasteiger partial charge in [-0.1, -0.05) is 0 Å². The number of amides is 1. The van der Waals surface area contributed by atoms with E-state index in [2.05, 4.69) is 15.6 Å². The van der Waals surface area contributed by atoms with Gasteiger partial charge >= 0.3 is 11.6 Å². The Morgan fingerprint density at radius 1 is 1.46 bits per heavy atom. The Hall–Kier alpha value is -4.15. The monoisotopic (exact) mass is 385 g/mol. The summed E-state index contributed by atoms with van der Waals surface area (Å²) in [4.78, 5) is 22.2. The van der Waals surface area contributed by atoms with Gasteiger partial charge in [0.05, 0.1) is 24.8 Å². The SMILES string of the molecule is COc1ccc(/C=N\NC(=O)c2ccc(Cn3cc([N+](=O)[O-])cn3)o2)cc1O. The number of carbonyl (C=O) groups is 1. The smallest absolute Gasteiger partial charge is 0.307 e. The van der Waals surface area contributed by atoms with Crippen LogP contribution in [0.2, 0.25) is 0 Å². The van der Waals surface area contributed by atoms with Crippen molar-refractivity contribution in [1.29, 1.82) is 0 Å². The maximum absolute atomic E-state index is 12.1. The van der Waals surface area contributed by atoms with Crippen LogP contribution >= 0.6 is 0 Å². The molecule has 0 fully saturated rings. The van der Waals surface area contributed by atoms with E-state index in [1.54, 1.807) is 18.2 Å². The molecule has 28 heavy (non-hydrogen) atoms. The van der Waals surface area contributed by atoms with Crippen LogP contribution in [0.15, 0.2) is 52.2 Å². The molecule has 11 heteroatoms. The van der Waals surface area contributed by atoms with Crippen LogP contribution in [0.3, 0.4) is 0 Å². The van der Waals surface area contributed by atoms with Crippen molar-refractivity contribution in [2.45, 2.75) is 6.54 Å². The summed E-state index contributed by atoms with van der Waals surface area (Å²) in [5.74, 6) is 0.115. The molecule has 0 aliphatic heterocycles. The van der Waals surface area contributed by atoms with Crippen molar-refractivity contribution < 1.29 is 24.0 Å². The molecule has 2 heterocycles. The van der Waals surface area contributed by atoms with E-state index in [0.29, 0.717) is 17.1 Å². The number of nitrogens with zero attached hydrogens (tertiary/aromatic N) is 4. The maximum Gasteiger partial charge on any atom is 0.307 e. The average Bonchev–Trinajstić information content (AvgIpc) is 3.32. The van der Waals surface area contributed by atoms with Gasteiger partial charge in [0.15, 0.2) is 17.3 Å². The Bertz CT molecular complexity index is 1040. The standard InChI is InChI=1S/C17H15N5O6/c1-27-15-4-2-11(6-14(15)23)7-18-20-17(24)16-5-3-13(28-16)10-21-9-12(8-19-21)22(25)26/h2-9,23H,10H2,1H3,(H,20,24)/b18-7-. The van der Waals surface area contributed by atoms with Crippen LogP contribution in [0.4, 0.5) is 5.69 Å². The molecule has 0 aliphatic rings. The Labute approximate surface area is 158 Å². The van der Waals surface area contributed by atoms with E-state index < -0.39 is 10.8 Å². The number of carbonyl (C=O) groups excluding carboxylic acids is 1. The summed E-state index contributed by atoms with van der Waals surface area (Å²) in [6.07, 6.45) is 3.74. The maximum atomic E-state index is 12.1. The lowest BCUT2D eigenvalue weighted by Gasteiger charge is -2.03. The van der Waals surface area contributed by atoms with E-state index in [4.69, 9.17) is 9.15 Å². The van der Waals surface area contributed by atoms with Gasteiger partial charge in [-0.05, 0) is 35.9 Å². The van der Waals surface area contributed by atoms with Crippen molar-refractivity contribution >= 4 is 17.8 Å². The first-order valence-electron chi connectivity index (χ1n) is 7.92. The molecule has 0 spiro atoms. The molecule has 1 aromatic carbocycles. The van der Waals surface area contributed by atoms with Gasteiger partial charge in [0.25, 0.3) is 0 Å². The number of aromatic hydroxyl groups is 1. The third kappa shape index (κ3) is 4.33. The Kier molecular flexibility index (Phi) is 5.35. The quantitative estimate of drug-likeness (QED) is 0.359. The predicted molar refractivity (Wildman–Crippen MR) is 96.4 cm³/mol. The van der Waals surface area contributed by atoms with Crippen LogP contribution in [-0.4, -0.2) is 39.0 Å². The van der Waals surface area contributed by atoms with Gasteiger partial charge in [0, 0.05) is 0 Å². The number of hydrogen-bond acceptors (Lipinski definition) is 8. The van der Waals surface area contributed by atoms with E-state index >= 15 is 0 Å². The first-order chi connectivity index (χ1) is 13.5. The topological polar surface area (TPSA) is 145 Å². The van der Waals surface area contributed by atoms with Crippen molar-refractivity contribution in [3.63, 3.8) is 0 Å². The zero-order chi connectivity index (χ0) is 20.1. The summed E-state index contributed by atoms with van der Waals surface area (Å²) < 4.78 is 11.7. The van der Waals surface area contributed by atoms with Crippen molar-refractivity contribution in [1.82, 2.24) is 15.2 Å². The molecule has 1 amide bonds. The third-order valence-electron chi connectivity index (χ3n) is 3.62. The number of nitrogens with one attached hydrogen (secondary N) is 1. The minimum absolute atomic E-state index is 0.0198. The van der Waals surface area contributed by atoms with Crippen LogP contribution in [0, 0.1) is 10.1 Å². The number of hydrazone groups is 1. The molecule has 0 bridgehead atoms. The number of phenolic OH excluding ortho intramolecular Hbond substituents is 1. The van der Waals surface area contributed by atoms with Crippen molar-refractivity contribution in [3.8, 4) is 11.5 Å². The summed E-state index contributed by atoms with van der Waals surface area (Å²) in [6, 6.07) is 7.67. The summed E-state index contributed by atoms with van der Waals surface area (Å²) in [6.45, 7) is 0.134. The molecule has 3 rings (SSSR count). The highest BCUT2D eigenvalue weighted by Crippen LogP contribution is 2.25. The van der Waals surface area contributed by atoms with E-state index in [1.165, 1.54) is 36.3 Å². The number of furan rings is 1. The van der Waals surface area contributed by atoms with E-state index in [9.17, 15) is 20.0 Å². The number of benzene rings is 1. The number of ether oxygens (including phenoxy) is 1. The zero-order valence-electron chi connectivity index (χ0n) is 14.6. The average molecular weight is 385 g/mol. The molecule has 0 saturated carbocycles. The molecule has 0 aliphatic carbocycles. The van der Waals surface area contributed by atoms with E-state index in [1.807, 2.05) is 0 Å². The van der Waals surface area contributed by atoms with Gasteiger partial charge < -0.3 is 14.3 Å².